The second-order valence-corrected chi connectivity index (χ2v) is 5.94. The summed E-state index contributed by atoms with van der Waals surface area (Å²) >= 11 is 0. The maximum absolute atomic E-state index is 10.3. The van der Waals surface area contributed by atoms with Crippen LogP contribution in [0, 0.1) is 5.92 Å². The number of rotatable bonds is 6. The van der Waals surface area contributed by atoms with E-state index in [4.69, 9.17) is 0 Å². The molecule has 1 aromatic heterocycles. The third-order valence-electron chi connectivity index (χ3n) is 4.22. The maximum Gasteiger partial charge on any atom is 0.125 e. The molecule has 2 aromatic rings. The fraction of sp³-hybridized carbons (Fsp3) is 0.389. The number of benzene rings is 1. The van der Waals surface area contributed by atoms with Gasteiger partial charge in [-0.1, -0.05) is 36.4 Å². The molecule has 2 N–H and O–H groups in total. The third-order valence-corrected chi connectivity index (χ3v) is 4.22. The molecule has 4 nitrogen and oxygen atoms in total. The molecule has 3 rings (SSSR count). The molecule has 0 radical (unpaired) electrons. The molecule has 2 heterocycles. The van der Waals surface area contributed by atoms with Gasteiger partial charge < -0.3 is 15.3 Å². The Balaban J connectivity index is 1.44. The van der Waals surface area contributed by atoms with Gasteiger partial charge in [0.2, 0.25) is 0 Å². The van der Waals surface area contributed by atoms with Crippen molar-refractivity contribution >= 4 is 5.82 Å². The SMILES string of the molecule is O[C@H](CN1CC[C@H](CNc2ccccn2)C1)c1ccccc1. The molecule has 0 saturated carbocycles. The smallest absolute Gasteiger partial charge is 0.125 e. The van der Waals surface area contributed by atoms with Crippen LogP contribution in [0.4, 0.5) is 5.82 Å². The van der Waals surface area contributed by atoms with E-state index in [0.717, 1.165) is 31.0 Å². The molecule has 1 aliphatic rings. The van der Waals surface area contributed by atoms with Crippen molar-refractivity contribution in [2.24, 2.45) is 5.92 Å². The minimum absolute atomic E-state index is 0.399. The molecule has 0 amide bonds. The summed E-state index contributed by atoms with van der Waals surface area (Å²) in [5.41, 5.74) is 0.998. The highest BCUT2D eigenvalue weighted by Crippen LogP contribution is 2.21. The number of hydrogen-bond acceptors (Lipinski definition) is 4. The fourth-order valence-electron chi connectivity index (χ4n) is 2.99. The molecule has 4 heteroatoms. The van der Waals surface area contributed by atoms with E-state index in [0.29, 0.717) is 12.5 Å². The van der Waals surface area contributed by atoms with Crippen LogP contribution in [-0.4, -0.2) is 41.2 Å². The molecule has 0 bridgehead atoms. The number of aliphatic hydroxyl groups excluding tert-OH is 1. The predicted molar refractivity (Wildman–Crippen MR) is 88.7 cm³/mol. The van der Waals surface area contributed by atoms with Crippen LogP contribution in [0.3, 0.4) is 0 Å². The van der Waals surface area contributed by atoms with E-state index in [1.165, 1.54) is 6.42 Å². The number of nitrogens with one attached hydrogen (secondary N) is 1. The van der Waals surface area contributed by atoms with Gasteiger partial charge >= 0.3 is 0 Å². The lowest BCUT2D eigenvalue weighted by molar-refractivity contribution is 0.124. The van der Waals surface area contributed by atoms with Gasteiger partial charge in [-0.2, -0.15) is 0 Å². The zero-order chi connectivity index (χ0) is 15.2. The van der Waals surface area contributed by atoms with Crippen molar-refractivity contribution in [3.8, 4) is 0 Å². The van der Waals surface area contributed by atoms with Crippen LogP contribution in [-0.2, 0) is 0 Å². The summed E-state index contributed by atoms with van der Waals surface area (Å²) in [5.74, 6) is 1.55. The van der Waals surface area contributed by atoms with Crippen LogP contribution in [0.25, 0.3) is 0 Å². The first-order valence-corrected chi connectivity index (χ1v) is 7.91. The fourth-order valence-corrected chi connectivity index (χ4v) is 2.99. The van der Waals surface area contributed by atoms with Crippen LogP contribution in [0.2, 0.25) is 0 Å². The van der Waals surface area contributed by atoms with Gasteiger partial charge in [-0.15, -0.1) is 0 Å². The molecule has 1 aromatic carbocycles. The summed E-state index contributed by atoms with van der Waals surface area (Å²) in [5, 5.41) is 13.7. The van der Waals surface area contributed by atoms with E-state index in [9.17, 15) is 5.11 Å². The average Bonchev–Trinajstić information content (AvgIpc) is 3.02. The molecule has 1 fully saturated rings. The molecule has 0 aliphatic carbocycles. The highest BCUT2D eigenvalue weighted by molar-refractivity contribution is 5.33. The van der Waals surface area contributed by atoms with Crippen LogP contribution >= 0.6 is 0 Å². The Bertz CT molecular complexity index is 561. The summed E-state index contributed by atoms with van der Waals surface area (Å²) < 4.78 is 0. The Morgan fingerprint density at radius 3 is 2.77 bits per heavy atom. The molecule has 22 heavy (non-hydrogen) atoms. The number of anilines is 1. The summed E-state index contributed by atoms with van der Waals surface area (Å²) in [7, 11) is 0. The number of nitrogens with zero attached hydrogens (tertiary/aromatic N) is 2. The number of aliphatic hydroxyl groups is 1. The highest BCUT2D eigenvalue weighted by atomic mass is 16.3. The topological polar surface area (TPSA) is 48.4 Å². The molecule has 0 spiro atoms. The van der Waals surface area contributed by atoms with E-state index in [1.807, 2.05) is 48.5 Å². The molecular weight excluding hydrogens is 274 g/mol. The molecule has 116 valence electrons. The molecule has 2 atom stereocenters. The first-order valence-electron chi connectivity index (χ1n) is 7.91. The molecule has 1 saturated heterocycles. The average molecular weight is 297 g/mol. The summed E-state index contributed by atoms with van der Waals surface area (Å²) in [6, 6.07) is 15.8. The van der Waals surface area contributed by atoms with Gasteiger partial charge in [0.1, 0.15) is 5.82 Å². The van der Waals surface area contributed by atoms with Gasteiger partial charge in [-0.05, 0) is 36.6 Å². The third kappa shape index (κ3) is 4.06. The van der Waals surface area contributed by atoms with Gasteiger partial charge in [-0.25, -0.2) is 4.98 Å². The number of pyridine rings is 1. The first kappa shape index (κ1) is 15.0. The Kier molecular flexibility index (Phi) is 5.03. The van der Waals surface area contributed by atoms with Gasteiger partial charge in [0, 0.05) is 25.8 Å². The van der Waals surface area contributed by atoms with Crippen LogP contribution in [0.15, 0.2) is 54.7 Å². The first-order chi connectivity index (χ1) is 10.8. The lowest BCUT2D eigenvalue weighted by Crippen LogP contribution is -2.27. The minimum Gasteiger partial charge on any atom is -0.387 e. The van der Waals surface area contributed by atoms with Crippen molar-refractivity contribution < 1.29 is 5.11 Å². The van der Waals surface area contributed by atoms with Gasteiger partial charge in [0.15, 0.2) is 0 Å². The lowest BCUT2D eigenvalue weighted by Gasteiger charge is -2.20. The van der Waals surface area contributed by atoms with Crippen LogP contribution in [0.5, 0.6) is 0 Å². The van der Waals surface area contributed by atoms with Crippen molar-refractivity contribution in [2.75, 3.05) is 31.5 Å². The van der Waals surface area contributed by atoms with Crippen molar-refractivity contribution in [1.29, 1.82) is 0 Å². The maximum atomic E-state index is 10.3. The van der Waals surface area contributed by atoms with E-state index >= 15 is 0 Å². The molecule has 0 unspecified atom stereocenters. The minimum atomic E-state index is -0.399. The predicted octanol–water partition coefficient (Wildman–Crippen LogP) is 2.55. The highest BCUT2D eigenvalue weighted by Gasteiger charge is 2.24. The number of aromatic nitrogens is 1. The normalized spacial score (nSPS) is 20.0. The quantitative estimate of drug-likeness (QED) is 0.860. The largest absolute Gasteiger partial charge is 0.387 e. The van der Waals surface area contributed by atoms with Gasteiger partial charge in [0.25, 0.3) is 0 Å². The van der Waals surface area contributed by atoms with Crippen LogP contribution < -0.4 is 5.32 Å². The summed E-state index contributed by atoms with van der Waals surface area (Å²) in [6.07, 6.45) is 2.57. The summed E-state index contributed by atoms with van der Waals surface area (Å²) in [6.45, 7) is 3.74. The summed E-state index contributed by atoms with van der Waals surface area (Å²) in [4.78, 5) is 6.63. The standard InChI is InChI=1S/C18H23N3O/c22-17(16-6-2-1-3-7-16)14-21-11-9-15(13-21)12-20-18-8-4-5-10-19-18/h1-8,10,15,17,22H,9,11-14H2,(H,19,20)/t15-,17-/m1/s1. The van der Waals surface area contributed by atoms with Crippen molar-refractivity contribution in [3.63, 3.8) is 0 Å². The number of hydrogen-bond donors (Lipinski definition) is 2. The Hall–Kier alpha value is -1.91. The zero-order valence-electron chi connectivity index (χ0n) is 12.7. The van der Waals surface area contributed by atoms with Crippen molar-refractivity contribution in [2.45, 2.75) is 12.5 Å². The van der Waals surface area contributed by atoms with E-state index in [-0.39, 0.29) is 0 Å². The van der Waals surface area contributed by atoms with Crippen LogP contribution in [0.1, 0.15) is 18.1 Å². The van der Waals surface area contributed by atoms with E-state index in [1.54, 1.807) is 6.20 Å². The second-order valence-electron chi connectivity index (χ2n) is 5.94. The van der Waals surface area contributed by atoms with E-state index in [2.05, 4.69) is 15.2 Å². The molecule has 1 aliphatic heterocycles. The second kappa shape index (κ2) is 7.38. The lowest BCUT2D eigenvalue weighted by atomic mass is 10.1. The molecular formula is C18H23N3O. The van der Waals surface area contributed by atoms with Crippen molar-refractivity contribution in [1.82, 2.24) is 9.88 Å². The number of likely N-dealkylation sites (tertiary alicyclic amines) is 1. The Morgan fingerprint density at radius 1 is 1.18 bits per heavy atom. The van der Waals surface area contributed by atoms with Gasteiger partial charge in [-0.3, -0.25) is 0 Å². The Labute approximate surface area is 131 Å². The van der Waals surface area contributed by atoms with Gasteiger partial charge in [0.05, 0.1) is 6.10 Å². The Morgan fingerprint density at radius 2 is 2.00 bits per heavy atom. The van der Waals surface area contributed by atoms with Crippen molar-refractivity contribution in [3.05, 3.63) is 60.3 Å². The van der Waals surface area contributed by atoms with E-state index < -0.39 is 6.10 Å². The monoisotopic (exact) mass is 297 g/mol. The zero-order valence-corrected chi connectivity index (χ0v) is 12.7. The number of β-amino-alcohol motifs (C(OH)–C–C–N with tert-alkyl or cyclic N) is 1.